The Morgan fingerprint density at radius 2 is 2.25 bits per heavy atom. The second-order valence-electron chi connectivity index (χ2n) is 3.47. The Morgan fingerprint density at radius 3 is 2.75 bits per heavy atom. The number of carbonyl (C=O) groups is 1. The third kappa shape index (κ3) is 2.79. The molecule has 0 spiro atoms. The summed E-state index contributed by atoms with van der Waals surface area (Å²) in [7, 11) is 1.67. The Kier molecular flexibility index (Phi) is 4.43. The van der Waals surface area contributed by atoms with Crippen molar-refractivity contribution >= 4 is 5.97 Å². The molecular weight excluding hydrogens is 209 g/mol. The summed E-state index contributed by atoms with van der Waals surface area (Å²) in [6, 6.07) is 3.80. The van der Waals surface area contributed by atoms with Crippen molar-refractivity contribution in [2.75, 3.05) is 13.7 Å². The Bertz CT molecular complexity index is 379. The van der Waals surface area contributed by atoms with Crippen LogP contribution in [0.2, 0.25) is 0 Å². The average Bonchev–Trinajstić information content (AvgIpc) is 2.22. The molecule has 0 heterocycles. The van der Waals surface area contributed by atoms with Crippen molar-refractivity contribution in [2.24, 2.45) is 0 Å². The number of likely N-dealkylation sites (N-methyl/N-ethyl adjacent to an activating group) is 1. The molecule has 0 aliphatic rings. The van der Waals surface area contributed by atoms with Gasteiger partial charge in [0.2, 0.25) is 0 Å². The number of esters is 1. The third-order valence-electron chi connectivity index (χ3n) is 2.35. The lowest BCUT2D eigenvalue weighted by atomic mass is 10.0. The van der Waals surface area contributed by atoms with Crippen LogP contribution in [-0.2, 0) is 9.53 Å². The molecule has 0 aliphatic carbocycles. The highest BCUT2D eigenvalue weighted by atomic mass is 19.1. The predicted molar refractivity (Wildman–Crippen MR) is 59.6 cm³/mol. The van der Waals surface area contributed by atoms with Gasteiger partial charge in [-0.3, -0.25) is 0 Å². The lowest BCUT2D eigenvalue weighted by Crippen LogP contribution is -2.28. The second-order valence-corrected chi connectivity index (χ2v) is 3.47. The van der Waals surface area contributed by atoms with E-state index in [0.717, 1.165) is 11.1 Å². The van der Waals surface area contributed by atoms with E-state index in [1.54, 1.807) is 27.0 Å². The van der Waals surface area contributed by atoms with E-state index in [4.69, 9.17) is 4.74 Å². The van der Waals surface area contributed by atoms with Crippen LogP contribution in [0, 0.1) is 12.7 Å². The monoisotopic (exact) mass is 225 g/mol. The van der Waals surface area contributed by atoms with Gasteiger partial charge >= 0.3 is 5.97 Å². The zero-order valence-electron chi connectivity index (χ0n) is 9.71. The van der Waals surface area contributed by atoms with Crippen molar-refractivity contribution in [1.82, 2.24) is 5.32 Å². The number of nitrogens with one attached hydrogen (secondary N) is 1. The van der Waals surface area contributed by atoms with E-state index in [1.807, 2.05) is 0 Å². The lowest BCUT2D eigenvalue weighted by Gasteiger charge is -2.17. The Labute approximate surface area is 94.6 Å². The van der Waals surface area contributed by atoms with Crippen LogP contribution in [0.3, 0.4) is 0 Å². The van der Waals surface area contributed by atoms with Crippen molar-refractivity contribution in [1.29, 1.82) is 0 Å². The molecule has 1 rings (SSSR count). The largest absolute Gasteiger partial charge is 0.465 e. The summed E-state index contributed by atoms with van der Waals surface area (Å²) in [4.78, 5) is 11.6. The molecule has 0 fully saturated rings. The van der Waals surface area contributed by atoms with E-state index in [9.17, 15) is 9.18 Å². The molecule has 16 heavy (non-hydrogen) atoms. The maximum absolute atomic E-state index is 12.9. The van der Waals surface area contributed by atoms with Gasteiger partial charge in [-0.2, -0.15) is 0 Å². The molecular formula is C12H16FNO2. The highest BCUT2D eigenvalue weighted by molar-refractivity contribution is 5.78. The highest BCUT2D eigenvalue weighted by Gasteiger charge is 2.21. The average molecular weight is 225 g/mol. The minimum atomic E-state index is -0.541. The summed E-state index contributed by atoms with van der Waals surface area (Å²) in [5, 5.41) is 2.87. The molecule has 0 bridgehead atoms. The first-order chi connectivity index (χ1) is 7.60. The van der Waals surface area contributed by atoms with Gasteiger partial charge < -0.3 is 10.1 Å². The Balaban J connectivity index is 2.99. The van der Waals surface area contributed by atoms with Crippen LogP contribution in [0.15, 0.2) is 18.2 Å². The van der Waals surface area contributed by atoms with Gasteiger partial charge in [0.1, 0.15) is 11.9 Å². The molecule has 1 N–H and O–H groups in total. The molecule has 1 aromatic carbocycles. The standard InChI is InChI=1S/C12H16FNO2/c1-4-16-12(15)11(14-3)10-6-5-9(13)7-8(10)2/h5-7,11,14H,4H2,1-3H3. The number of rotatable bonds is 4. The third-order valence-corrected chi connectivity index (χ3v) is 2.35. The first-order valence-electron chi connectivity index (χ1n) is 5.20. The number of ether oxygens (including phenoxy) is 1. The van der Waals surface area contributed by atoms with Crippen molar-refractivity contribution in [3.05, 3.63) is 35.1 Å². The summed E-state index contributed by atoms with van der Waals surface area (Å²) in [6.45, 7) is 3.85. The maximum Gasteiger partial charge on any atom is 0.327 e. The summed E-state index contributed by atoms with van der Waals surface area (Å²) in [5.74, 6) is -0.653. The van der Waals surface area contributed by atoms with Crippen LogP contribution >= 0.6 is 0 Å². The van der Waals surface area contributed by atoms with Crippen LogP contribution in [-0.4, -0.2) is 19.6 Å². The quantitative estimate of drug-likeness (QED) is 0.796. The van der Waals surface area contributed by atoms with Crippen molar-refractivity contribution in [3.63, 3.8) is 0 Å². The molecule has 1 aromatic rings. The molecule has 0 radical (unpaired) electrons. The van der Waals surface area contributed by atoms with Crippen LogP contribution in [0.25, 0.3) is 0 Å². The molecule has 3 nitrogen and oxygen atoms in total. The van der Waals surface area contributed by atoms with Gasteiger partial charge in [-0.15, -0.1) is 0 Å². The topological polar surface area (TPSA) is 38.3 Å². The number of carbonyl (C=O) groups excluding carboxylic acids is 1. The Hall–Kier alpha value is -1.42. The van der Waals surface area contributed by atoms with E-state index in [-0.39, 0.29) is 11.8 Å². The van der Waals surface area contributed by atoms with Crippen LogP contribution in [0.4, 0.5) is 4.39 Å². The summed E-state index contributed by atoms with van der Waals surface area (Å²) >= 11 is 0. The van der Waals surface area contributed by atoms with Gasteiger partial charge in [-0.05, 0) is 44.2 Å². The van der Waals surface area contributed by atoms with E-state index < -0.39 is 6.04 Å². The van der Waals surface area contributed by atoms with Crippen molar-refractivity contribution in [3.8, 4) is 0 Å². The van der Waals surface area contributed by atoms with E-state index >= 15 is 0 Å². The summed E-state index contributed by atoms with van der Waals surface area (Å²) in [6.07, 6.45) is 0. The highest BCUT2D eigenvalue weighted by Crippen LogP contribution is 2.19. The zero-order valence-corrected chi connectivity index (χ0v) is 9.71. The molecule has 1 atom stereocenters. The van der Waals surface area contributed by atoms with Crippen LogP contribution in [0.5, 0.6) is 0 Å². The lowest BCUT2D eigenvalue weighted by molar-refractivity contribution is -0.145. The predicted octanol–water partition coefficient (Wildman–Crippen LogP) is 1.96. The van der Waals surface area contributed by atoms with Gasteiger partial charge in [-0.1, -0.05) is 6.07 Å². The Morgan fingerprint density at radius 1 is 1.56 bits per heavy atom. The van der Waals surface area contributed by atoms with Crippen molar-refractivity contribution in [2.45, 2.75) is 19.9 Å². The number of benzene rings is 1. The number of hydrogen-bond donors (Lipinski definition) is 1. The smallest absolute Gasteiger partial charge is 0.327 e. The molecule has 4 heteroatoms. The SMILES string of the molecule is CCOC(=O)C(NC)c1ccc(F)cc1C. The van der Waals surface area contributed by atoms with Gasteiger partial charge in [0, 0.05) is 0 Å². The van der Waals surface area contributed by atoms with Gasteiger partial charge in [0.25, 0.3) is 0 Å². The number of hydrogen-bond acceptors (Lipinski definition) is 3. The minimum absolute atomic E-state index is 0.306. The molecule has 1 unspecified atom stereocenters. The first kappa shape index (κ1) is 12.6. The molecule has 0 aromatic heterocycles. The summed E-state index contributed by atoms with van der Waals surface area (Å²) < 4.78 is 17.9. The van der Waals surface area contributed by atoms with Crippen LogP contribution in [0.1, 0.15) is 24.1 Å². The fraction of sp³-hybridized carbons (Fsp3) is 0.417. The fourth-order valence-electron chi connectivity index (χ4n) is 1.59. The van der Waals surface area contributed by atoms with Crippen LogP contribution < -0.4 is 5.32 Å². The van der Waals surface area contributed by atoms with Gasteiger partial charge in [0.15, 0.2) is 0 Å². The molecule has 0 saturated heterocycles. The number of aryl methyl sites for hydroxylation is 1. The summed E-state index contributed by atoms with van der Waals surface area (Å²) in [5.41, 5.74) is 1.47. The molecule has 88 valence electrons. The second kappa shape index (κ2) is 5.61. The number of halogens is 1. The molecule has 0 amide bonds. The van der Waals surface area contributed by atoms with E-state index in [2.05, 4.69) is 5.32 Å². The van der Waals surface area contributed by atoms with Gasteiger partial charge in [0.05, 0.1) is 6.61 Å². The maximum atomic E-state index is 12.9. The van der Waals surface area contributed by atoms with Gasteiger partial charge in [-0.25, -0.2) is 9.18 Å². The molecule has 0 aliphatic heterocycles. The van der Waals surface area contributed by atoms with E-state index in [1.165, 1.54) is 12.1 Å². The van der Waals surface area contributed by atoms with Crippen molar-refractivity contribution < 1.29 is 13.9 Å². The minimum Gasteiger partial charge on any atom is -0.465 e. The molecule has 0 saturated carbocycles. The normalized spacial score (nSPS) is 12.2. The fourth-order valence-corrected chi connectivity index (χ4v) is 1.59. The zero-order chi connectivity index (χ0) is 12.1. The van der Waals surface area contributed by atoms with E-state index in [0.29, 0.717) is 6.61 Å². The first-order valence-corrected chi connectivity index (χ1v) is 5.20.